The molecule has 96 valence electrons. The molecule has 0 aliphatic heterocycles. The molecule has 0 heterocycles. The van der Waals surface area contributed by atoms with E-state index in [-0.39, 0.29) is 10.9 Å². The molecule has 1 aromatic carbocycles. The van der Waals surface area contributed by atoms with Crippen LogP contribution in [0.5, 0.6) is 0 Å². The van der Waals surface area contributed by atoms with E-state index in [0.29, 0.717) is 12.3 Å². The Kier molecular flexibility index (Phi) is 3.99. The van der Waals surface area contributed by atoms with Crippen LogP contribution in [0.1, 0.15) is 26.3 Å². The zero-order valence-corrected chi connectivity index (χ0v) is 12.3. The summed E-state index contributed by atoms with van der Waals surface area (Å²) in [5, 5.41) is 0.168. The Bertz CT molecular complexity index is 399. The van der Waals surface area contributed by atoms with Crippen LogP contribution in [-0.2, 0) is 11.0 Å². The summed E-state index contributed by atoms with van der Waals surface area (Å²) >= 11 is 0. The van der Waals surface area contributed by atoms with Gasteiger partial charge >= 0.3 is 0 Å². The Labute approximate surface area is 104 Å². The molecule has 0 aliphatic carbocycles. The summed E-state index contributed by atoms with van der Waals surface area (Å²) in [6.07, 6.45) is 0. The van der Waals surface area contributed by atoms with Gasteiger partial charge in [0.05, 0.1) is 6.61 Å². The minimum absolute atomic E-state index is 0.168. The molecule has 0 unspecified atom stereocenters. The molecule has 0 radical (unpaired) electrons. The number of halogens is 1. The molecule has 0 bridgehead atoms. The standard InChI is InChI=1S/C13H22FNOSi/c1-13(2,3)17(4,5)16-9-10-6-7-11(14)8-12(10)15/h6-8H,9,15H2,1-5H3. The lowest BCUT2D eigenvalue weighted by atomic mass is 10.2. The third-order valence-electron chi connectivity index (χ3n) is 3.50. The van der Waals surface area contributed by atoms with Crippen molar-refractivity contribution in [1.29, 1.82) is 0 Å². The molecule has 0 spiro atoms. The summed E-state index contributed by atoms with van der Waals surface area (Å²) in [6, 6.07) is 4.45. The van der Waals surface area contributed by atoms with Crippen LogP contribution in [0.25, 0.3) is 0 Å². The maximum Gasteiger partial charge on any atom is 0.192 e. The van der Waals surface area contributed by atoms with Crippen molar-refractivity contribution in [2.24, 2.45) is 0 Å². The molecule has 4 heteroatoms. The van der Waals surface area contributed by atoms with Crippen molar-refractivity contribution < 1.29 is 8.82 Å². The predicted molar refractivity (Wildman–Crippen MR) is 72.8 cm³/mol. The monoisotopic (exact) mass is 255 g/mol. The largest absolute Gasteiger partial charge is 0.412 e. The molecule has 0 amide bonds. The van der Waals surface area contributed by atoms with Crippen molar-refractivity contribution in [2.75, 3.05) is 5.73 Å². The lowest BCUT2D eigenvalue weighted by Gasteiger charge is -2.36. The van der Waals surface area contributed by atoms with E-state index in [1.807, 2.05) is 0 Å². The maximum absolute atomic E-state index is 12.9. The highest BCUT2D eigenvalue weighted by atomic mass is 28.4. The fraction of sp³-hybridized carbons (Fsp3) is 0.538. The van der Waals surface area contributed by atoms with E-state index in [1.165, 1.54) is 12.1 Å². The molecule has 0 saturated carbocycles. The van der Waals surface area contributed by atoms with Crippen molar-refractivity contribution >= 4 is 14.0 Å². The number of nitrogen functional groups attached to an aromatic ring is 1. The minimum atomic E-state index is -1.77. The highest BCUT2D eigenvalue weighted by Crippen LogP contribution is 2.37. The molecule has 0 atom stereocenters. The van der Waals surface area contributed by atoms with Crippen LogP contribution in [0.2, 0.25) is 18.1 Å². The van der Waals surface area contributed by atoms with E-state index in [0.717, 1.165) is 5.56 Å². The molecule has 2 nitrogen and oxygen atoms in total. The van der Waals surface area contributed by atoms with E-state index in [2.05, 4.69) is 33.9 Å². The molecular weight excluding hydrogens is 233 g/mol. The Morgan fingerprint density at radius 2 is 1.88 bits per heavy atom. The Morgan fingerprint density at radius 3 is 2.35 bits per heavy atom. The Balaban J connectivity index is 2.74. The van der Waals surface area contributed by atoms with Gasteiger partial charge in [-0.2, -0.15) is 0 Å². The quantitative estimate of drug-likeness (QED) is 0.656. The number of hydrogen-bond donors (Lipinski definition) is 1. The van der Waals surface area contributed by atoms with Gasteiger partial charge in [-0.3, -0.25) is 0 Å². The van der Waals surface area contributed by atoms with Gasteiger partial charge in [0.25, 0.3) is 0 Å². The van der Waals surface area contributed by atoms with Crippen LogP contribution < -0.4 is 5.73 Å². The van der Waals surface area contributed by atoms with E-state index < -0.39 is 8.32 Å². The van der Waals surface area contributed by atoms with Crippen LogP contribution in [0, 0.1) is 5.82 Å². The second-order valence-corrected chi connectivity index (χ2v) is 10.7. The lowest BCUT2D eigenvalue weighted by molar-refractivity contribution is 0.277. The molecule has 17 heavy (non-hydrogen) atoms. The van der Waals surface area contributed by atoms with Crippen LogP contribution in [0.15, 0.2) is 18.2 Å². The van der Waals surface area contributed by atoms with Crippen LogP contribution in [-0.4, -0.2) is 8.32 Å². The van der Waals surface area contributed by atoms with Gasteiger partial charge in [-0.25, -0.2) is 4.39 Å². The SMILES string of the molecule is CC(C)(C)[Si](C)(C)OCc1ccc(F)cc1N. The first-order valence-corrected chi connectivity index (χ1v) is 8.72. The topological polar surface area (TPSA) is 35.2 Å². The Morgan fingerprint density at radius 1 is 1.29 bits per heavy atom. The fourth-order valence-electron chi connectivity index (χ4n) is 1.17. The van der Waals surface area contributed by atoms with Gasteiger partial charge in [-0.1, -0.05) is 26.8 Å². The first-order chi connectivity index (χ1) is 7.63. The van der Waals surface area contributed by atoms with Gasteiger partial charge in [-0.05, 0) is 35.8 Å². The van der Waals surface area contributed by atoms with E-state index >= 15 is 0 Å². The summed E-state index contributed by atoms with van der Waals surface area (Å²) in [5.74, 6) is -0.307. The van der Waals surface area contributed by atoms with Gasteiger partial charge in [0.1, 0.15) is 5.82 Å². The van der Waals surface area contributed by atoms with Crippen molar-refractivity contribution in [3.8, 4) is 0 Å². The van der Waals surface area contributed by atoms with Crippen LogP contribution in [0.3, 0.4) is 0 Å². The molecule has 1 aromatic rings. The van der Waals surface area contributed by atoms with Crippen molar-refractivity contribution in [1.82, 2.24) is 0 Å². The molecule has 1 rings (SSSR count). The van der Waals surface area contributed by atoms with Crippen molar-refractivity contribution in [2.45, 2.75) is 45.5 Å². The number of anilines is 1. The summed E-state index contributed by atoms with van der Waals surface area (Å²) < 4.78 is 18.9. The van der Waals surface area contributed by atoms with Crippen molar-refractivity contribution in [3.05, 3.63) is 29.6 Å². The molecular formula is C13H22FNOSi. The molecule has 0 aromatic heterocycles. The van der Waals surface area contributed by atoms with Gasteiger partial charge in [0.15, 0.2) is 8.32 Å². The minimum Gasteiger partial charge on any atom is -0.412 e. The zero-order valence-electron chi connectivity index (χ0n) is 11.3. The lowest BCUT2D eigenvalue weighted by Crippen LogP contribution is -2.40. The first-order valence-electron chi connectivity index (χ1n) is 5.81. The first kappa shape index (κ1) is 14.2. The highest BCUT2D eigenvalue weighted by molar-refractivity contribution is 6.74. The van der Waals surface area contributed by atoms with Crippen LogP contribution in [0.4, 0.5) is 10.1 Å². The maximum atomic E-state index is 12.9. The number of hydrogen-bond acceptors (Lipinski definition) is 2. The number of rotatable bonds is 3. The summed E-state index contributed by atoms with van der Waals surface area (Å²) in [4.78, 5) is 0. The van der Waals surface area contributed by atoms with E-state index in [4.69, 9.17) is 10.2 Å². The average Bonchev–Trinajstić information content (AvgIpc) is 2.14. The van der Waals surface area contributed by atoms with E-state index in [1.54, 1.807) is 6.07 Å². The van der Waals surface area contributed by atoms with Crippen LogP contribution >= 0.6 is 0 Å². The van der Waals surface area contributed by atoms with Crippen molar-refractivity contribution in [3.63, 3.8) is 0 Å². The normalized spacial score (nSPS) is 12.8. The number of nitrogens with two attached hydrogens (primary N) is 1. The van der Waals surface area contributed by atoms with E-state index in [9.17, 15) is 4.39 Å². The highest BCUT2D eigenvalue weighted by Gasteiger charge is 2.37. The molecule has 0 aliphatic rings. The van der Waals surface area contributed by atoms with Gasteiger partial charge < -0.3 is 10.2 Å². The molecule has 0 saturated heterocycles. The third kappa shape index (κ3) is 3.54. The Hall–Kier alpha value is -0.873. The molecule has 0 fully saturated rings. The third-order valence-corrected chi connectivity index (χ3v) is 7.98. The fourth-order valence-corrected chi connectivity index (χ4v) is 2.12. The summed E-state index contributed by atoms with van der Waals surface area (Å²) in [7, 11) is -1.77. The zero-order chi connectivity index (χ0) is 13.3. The average molecular weight is 255 g/mol. The second kappa shape index (κ2) is 4.78. The smallest absolute Gasteiger partial charge is 0.192 e. The van der Waals surface area contributed by atoms with Gasteiger partial charge in [-0.15, -0.1) is 0 Å². The summed E-state index contributed by atoms with van der Waals surface area (Å²) in [6.45, 7) is 11.4. The van der Waals surface area contributed by atoms with Gasteiger partial charge in [0.2, 0.25) is 0 Å². The van der Waals surface area contributed by atoms with Gasteiger partial charge in [0, 0.05) is 5.69 Å². The molecule has 2 N–H and O–H groups in total. The number of benzene rings is 1. The predicted octanol–water partition coefficient (Wildman–Crippen LogP) is 3.93. The second-order valence-electron chi connectivity index (χ2n) is 5.89. The summed E-state index contributed by atoms with van der Waals surface area (Å²) in [5.41, 5.74) is 7.07.